The third-order valence-electron chi connectivity index (χ3n) is 9.63. The summed E-state index contributed by atoms with van der Waals surface area (Å²) < 4.78 is 17.9. The van der Waals surface area contributed by atoms with E-state index in [1.807, 2.05) is 0 Å². The molecule has 6 nitrogen and oxygen atoms in total. The summed E-state index contributed by atoms with van der Waals surface area (Å²) in [5, 5.41) is 19.6. The molecule has 30 heavy (non-hydrogen) atoms. The molecule has 0 amide bonds. The maximum atomic E-state index is 13.3. The lowest BCUT2D eigenvalue weighted by atomic mass is 9.39. The van der Waals surface area contributed by atoms with Gasteiger partial charge >= 0.3 is 5.97 Å². The normalized spacial score (nSPS) is 46.8. The van der Waals surface area contributed by atoms with Crippen molar-refractivity contribution in [2.45, 2.75) is 90.6 Å². The van der Waals surface area contributed by atoms with Crippen LogP contribution in [0.25, 0.3) is 0 Å². The minimum absolute atomic E-state index is 0.175. The van der Waals surface area contributed by atoms with Gasteiger partial charge in [-0.2, -0.15) is 0 Å². The zero-order chi connectivity index (χ0) is 21.9. The van der Waals surface area contributed by atoms with Gasteiger partial charge in [-0.25, -0.2) is 0 Å². The van der Waals surface area contributed by atoms with E-state index in [-0.39, 0.29) is 30.0 Å². The van der Waals surface area contributed by atoms with Gasteiger partial charge in [0.2, 0.25) is 0 Å². The highest BCUT2D eigenvalue weighted by molar-refractivity contribution is 5.75. The van der Waals surface area contributed by atoms with Gasteiger partial charge < -0.3 is 24.4 Å². The average Bonchev–Trinajstić information content (AvgIpc) is 3.04. The highest BCUT2D eigenvalue weighted by Gasteiger charge is 2.70. The highest BCUT2D eigenvalue weighted by atomic mass is 16.8. The Morgan fingerprint density at radius 2 is 1.50 bits per heavy atom. The fraction of sp³-hybridized carbons (Fsp3) is 0.958. The monoisotopic (exact) mass is 424 g/mol. The highest BCUT2D eigenvalue weighted by Crippen LogP contribution is 2.70. The van der Waals surface area contributed by atoms with Gasteiger partial charge in [0.05, 0.1) is 20.3 Å². The van der Waals surface area contributed by atoms with Crippen molar-refractivity contribution in [1.82, 2.24) is 0 Å². The molecule has 0 aromatic carbocycles. The van der Waals surface area contributed by atoms with Crippen LogP contribution in [0.15, 0.2) is 0 Å². The third-order valence-corrected chi connectivity index (χ3v) is 9.63. The molecule has 172 valence electrons. The Morgan fingerprint density at radius 3 is 2.07 bits per heavy atom. The summed E-state index contributed by atoms with van der Waals surface area (Å²) in [5.74, 6) is -0.972. The number of hydrogen-bond acceptors (Lipinski definition) is 6. The molecular formula is C24H40O6. The van der Waals surface area contributed by atoms with Gasteiger partial charge in [-0.1, -0.05) is 34.1 Å². The average molecular weight is 425 g/mol. The van der Waals surface area contributed by atoms with Crippen LogP contribution in [0.4, 0.5) is 0 Å². The van der Waals surface area contributed by atoms with E-state index in [4.69, 9.17) is 14.2 Å². The van der Waals surface area contributed by atoms with E-state index in [1.165, 1.54) is 26.4 Å². The Bertz CT molecular complexity index is 665. The van der Waals surface area contributed by atoms with E-state index in [0.717, 1.165) is 19.3 Å². The predicted octanol–water partition coefficient (Wildman–Crippen LogP) is 3.28. The molecule has 0 bridgehead atoms. The molecule has 4 aliphatic rings. The second-order valence-corrected chi connectivity index (χ2v) is 11.5. The van der Waals surface area contributed by atoms with Crippen molar-refractivity contribution in [3.05, 3.63) is 0 Å². The molecule has 7 atom stereocenters. The molecule has 1 spiro atoms. The van der Waals surface area contributed by atoms with Crippen molar-refractivity contribution in [2.24, 2.45) is 34.0 Å². The number of fused-ring (bicyclic) bond motifs is 3. The quantitative estimate of drug-likeness (QED) is 0.677. The Hall–Kier alpha value is -0.690. The lowest BCUT2D eigenvalue weighted by molar-refractivity contribution is -0.292. The fourth-order valence-corrected chi connectivity index (χ4v) is 8.51. The number of methoxy groups -OCH3 is 1. The van der Waals surface area contributed by atoms with Gasteiger partial charge in [0.15, 0.2) is 5.79 Å². The summed E-state index contributed by atoms with van der Waals surface area (Å²) in [6, 6.07) is 0. The Balaban J connectivity index is 1.75. The largest absolute Gasteiger partial charge is 0.469 e. The number of aliphatic hydroxyl groups excluding tert-OH is 2. The standard InChI is InChI=1S/C24H40O6/c1-21(2)9-6-10-22(3)17(21)7-11-23(4)18(22)8-12-24(19(23)20(27)28-5)29-15(13-25)16(14-26)30-24/h15-19,25-26H,6-14H2,1-5H3/t15-,16-,17-,18+,19-,22-,23+/m0/s1. The van der Waals surface area contributed by atoms with Crippen LogP contribution in [0.2, 0.25) is 0 Å². The second-order valence-electron chi connectivity index (χ2n) is 11.5. The van der Waals surface area contributed by atoms with E-state index in [2.05, 4.69) is 27.7 Å². The number of rotatable bonds is 3. The molecule has 0 aromatic heterocycles. The molecule has 0 unspecified atom stereocenters. The van der Waals surface area contributed by atoms with Crippen LogP contribution in [-0.2, 0) is 19.0 Å². The molecule has 0 radical (unpaired) electrons. The van der Waals surface area contributed by atoms with E-state index >= 15 is 0 Å². The molecule has 1 aliphatic heterocycles. The zero-order valence-electron chi connectivity index (χ0n) is 19.3. The predicted molar refractivity (Wildman–Crippen MR) is 111 cm³/mol. The van der Waals surface area contributed by atoms with Crippen LogP contribution in [0, 0.1) is 34.0 Å². The smallest absolute Gasteiger partial charge is 0.314 e. The van der Waals surface area contributed by atoms with E-state index in [1.54, 1.807) is 0 Å². The van der Waals surface area contributed by atoms with Gasteiger partial charge in [-0.15, -0.1) is 0 Å². The number of carbonyl (C=O) groups is 1. The topological polar surface area (TPSA) is 85.2 Å². The van der Waals surface area contributed by atoms with Crippen molar-refractivity contribution in [1.29, 1.82) is 0 Å². The summed E-state index contributed by atoms with van der Waals surface area (Å²) in [7, 11) is 1.43. The first-order valence-corrected chi connectivity index (χ1v) is 11.7. The van der Waals surface area contributed by atoms with Gasteiger partial charge in [-0.05, 0) is 60.2 Å². The van der Waals surface area contributed by atoms with Crippen LogP contribution < -0.4 is 0 Å². The van der Waals surface area contributed by atoms with Crippen LogP contribution in [0.5, 0.6) is 0 Å². The van der Waals surface area contributed by atoms with E-state index in [9.17, 15) is 15.0 Å². The van der Waals surface area contributed by atoms with Crippen molar-refractivity contribution < 1.29 is 29.2 Å². The number of esters is 1. The lowest BCUT2D eigenvalue weighted by Gasteiger charge is -2.66. The summed E-state index contributed by atoms with van der Waals surface area (Å²) in [4.78, 5) is 13.3. The Labute approximate surface area is 180 Å². The second kappa shape index (κ2) is 7.43. The first kappa shape index (κ1) is 22.5. The SMILES string of the molecule is COC(=O)[C@@H]1C2(CC[C@H]3[C@@]1(C)CC[C@H]1C(C)(C)CCC[C@]31C)O[C@@H](CO)[C@H](CO)O2. The fourth-order valence-electron chi connectivity index (χ4n) is 8.51. The molecule has 1 heterocycles. The maximum Gasteiger partial charge on any atom is 0.314 e. The van der Waals surface area contributed by atoms with Gasteiger partial charge in [0.25, 0.3) is 0 Å². The van der Waals surface area contributed by atoms with Crippen LogP contribution >= 0.6 is 0 Å². The third kappa shape index (κ3) is 3.01. The van der Waals surface area contributed by atoms with E-state index < -0.39 is 23.9 Å². The Morgan fingerprint density at radius 1 is 0.900 bits per heavy atom. The molecule has 3 aliphatic carbocycles. The van der Waals surface area contributed by atoms with E-state index in [0.29, 0.717) is 23.7 Å². The molecule has 4 rings (SSSR count). The molecule has 3 saturated carbocycles. The number of aliphatic hydroxyl groups is 2. The van der Waals surface area contributed by atoms with Crippen LogP contribution in [0.1, 0.15) is 72.6 Å². The first-order chi connectivity index (χ1) is 14.1. The van der Waals surface area contributed by atoms with Crippen molar-refractivity contribution in [2.75, 3.05) is 20.3 Å². The molecule has 1 saturated heterocycles. The Kier molecular flexibility index (Phi) is 5.57. The minimum atomic E-state index is -1.13. The molecule has 2 N–H and O–H groups in total. The lowest BCUT2D eigenvalue weighted by Crippen LogP contribution is -2.65. The summed E-state index contributed by atoms with van der Waals surface area (Å²) >= 11 is 0. The van der Waals surface area contributed by atoms with Gasteiger partial charge in [0.1, 0.15) is 18.1 Å². The minimum Gasteiger partial charge on any atom is -0.469 e. The van der Waals surface area contributed by atoms with Crippen LogP contribution in [-0.4, -0.2) is 54.5 Å². The van der Waals surface area contributed by atoms with Crippen molar-refractivity contribution in [3.63, 3.8) is 0 Å². The van der Waals surface area contributed by atoms with Crippen molar-refractivity contribution in [3.8, 4) is 0 Å². The van der Waals surface area contributed by atoms with Crippen LogP contribution in [0.3, 0.4) is 0 Å². The number of hydrogen-bond donors (Lipinski definition) is 2. The molecule has 0 aromatic rings. The number of carbonyl (C=O) groups excluding carboxylic acids is 1. The summed E-state index contributed by atoms with van der Waals surface area (Å²) in [6.45, 7) is 9.04. The summed E-state index contributed by atoms with van der Waals surface area (Å²) in [5.41, 5.74) is 0.177. The maximum absolute atomic E-state index is 13.3. The zero-order valence-corrected chi connectivity index (χ0v) is 19.3. The number of ether oxygens (including phenoxy) is 3. The molecular weight excluding hydrogens is 384 g/mol. The molecule has 6 heteroatoms. The van der Waals surface area contributed by atoms with Crippen molar-refractivity contribution >= 4 is 5.97 Å². The molecule has 4 fully saturated rings. The van der Waals surface area contributed by atoms with Gasteiger partial charge in [0, 0.05) is 6.42 Å². The van der Waals surface area contributed by atoms with Gasteiger partial charge in [-0.3, -0.25) is 4.79 Å². The first-order valence-electron chi connectivity index (χ1n) is 11.7. The summed E-state index contributed by atoms with van der Waals surface area (Å²) in [6.07, 6.45) is 5.98.